The Morgan fingerprint density at radius 3 is 1.88 bits per heavy atom. The van der Waals surface area contributed by atoms with Crippen molar-refractivity contribution in [2.75, 3.05) is 12.4 Å². The average Bonchev–Trinajstić information content (AvgIpc) is 2.57. The lowest BCUT2D eigenvalue weighted by atomic mass is 10.1. The van der Waals surface area contributed by atoms with Crippen molar-refractivity contribution in [3.63, 3.8) is 0 Å². The number of hydrogen-bond donors (Lipinski definition) is 1. The molecule has 0 radical (unpaired) electrons. The SMILES string of the molecule is CCCCCCCCC=CCCCCCCCC(=O)OCCS(=O)(=O)O. The van der Waals surface area contributed by atoms with Gasteiger partial charge in [-0.05, 0) is 32.1 Å². The first kappa shape index (κ1) is 25.1. The summed E-state index contributed by atoms with van der Waals surface area (Å²) in [5.41, 5.74) is 0. The first-order valence-corrected chi connectivity index (χ1v) is 11.8. The highest BCUT2D eigenvalue weighted by Gasteiger charge is 2.07. The fourth-order valence-corrected chi connectivity index (χ4v) is 2.97. The summed E-state index contributed by atoms with van der Waals surface area (Å²) in [5, 5.41) is 0. The van der Waals surface area contributed by atoms with E-state index in [4.69, 9.17) is 9.29 Å². The summed E-state index contributed by atoms with van der Waals surface area (Å²) in [6.45, 7) is 1.97. The van der Waals surface area contributed by atoms with Crippen LogP contribution in [0, 0.1) is 0 Å². The standard InChI is InChI=1S/C20H38O5S/c1-2-3-4-5-6-7-8-9-10-11-12-13-14-15-16-17-20(21)25-18-19-26(22,23)24/h9-10H,2-8,11-19H2,1H3,(H,22,23,24). The Bertz CT molecular complexity index is 457. The minimum Gasteiger partial charge on any atom is -0.464 e. The van der Waals surface area contributed by atoms with E-state index in [0.717, 1.165) is 25.7 Å². The molecule has 0 aliphatic heterocycles. The number of hydrogen-bond acceptors (Lipinski definition) is 4. The molecule has 0 aliphatic rings. The largest absolute Gasteiger partial charge is 0.464 e. The molecule has 26 heavy (non-hydrogen) atoms. The lowest BCUT2D eigenvalue weighted by Crippen LogP contribution is -2.14. The Morgan fingerprint density at radius 1 is 0.846 bits per heavy atom. The van der Waals surface area contributed by atoms with Gasteiger partial charge in [-0.25, -0.2) is 0 Å². The molecule has 0 rings (SSSR count). The lowest BCUT2D eigenvalue weighted by Gasteiger charge is -2.03. The van der Waals surface area contributed by atoms with Gasteiger partial charge in [0, 0.05) is 6.42 Å². The van der Waals surface area contributed by atoms with Crippen molar-refractivity contribution in [3.05, 3.63) is 12.2 Å². The van der Waals surface area contributed by atoms with E-state index in [-0.39, 0.29) is 6.61 Å². The number of ether oxygens (including phenoxy) is 1. The Balaban J connectivity index is 3.28. The van der Waals surface area contributed by atoms with E-state index in [1.165, 1.54) is 57.8 Å². The predicted octanol–water partition coefficient (Wildman–Crippen LogP) is 5.45. The lowest BCUT2D eigenvalue weighted by molar-refractivity contribution is -0.143. The molecule has 0 bridgehead atoms. The van der Waals surface area contributed by atoms with Crippen LogP contribution in [-0.2, 0) is 19.6 Å². The van der Waals surface area contributed by atoms with E-state index in [9.17, 15) is 13.2 Å². The van der Waals surface area contributed by atoms with Crippen LogP contribution in [0.5, 0.6) is 0 Å². The van der Waals surface area contributed by atoms with Crippen molar-refractivity contribution in [1.82, 2.24) is 0 Å². The average molecular weight is 391 g/mol. The molecule has 0 aromatic rings. The number of carbonyl (C=O) groups is 1. The second-order valence-electron chi connectivity index (χ2n) is 6.84. The van der Waals surface area contributed by atoms with Crippen LogP contribution < -0.4 is 0 Å². The van der Waals surface area contributed by atoms with E-state index in [0.29, 0.717) is 6.42 Å². The van der Waals surface area contributed by atoms with E-state index >= 15 is 0 Å². The van der Waals surface area contributed by atoms with Gasteiger partial charge >= 0.3 is 5.97 Å². The summed E-state index contributed by atoms with van der Waals surface area (Å²) in [6.07, 6.45) is 20.5. The first-order valence-electron chi connectivity index (χ1n) is 10.2. The summed E-state index contributed by atoms with van der Waals surface area (Å²) >= 11 is 0. The Labute approximate surface area is 160 Å². The third-order valence-corrected chi connectivity index (χ3v) is 4.93. The van der Waals surface area contributed by atoms with Crippen LogP contribution >= 0.6 is 0 Å². The van der Waals surface area contributed by atoms with Crippen LogP contribution in [0.2, 0.25) is 0 Å². The normalized spacial score (nSPS) is 11.9. The zero-order valence-corrected chi connectivity index (χ0v) is 17.3. The number of unbranched alkanes of at least 4 members (excludes halogenated alkanes) is 11. The molecule has 0 saturated heterocycles. The van der Waals surface area contributed by atoms with Gasteiger partial charge in [-0.3, -0.25) is 9.35 Å². The van der Waals surface area contributed by atoms with Crippen LogP contribution in [0.15, 0.2) is 12.2 Å². The Kier molecular flexibility index (Phi) is 16.9. The van der Waals surface area contributed by atoms with E-state index in [1.807, 2.05) is 0 Å². The van der Waals surface area contributed by atoms with Crippen molar-refractivity contribution in [2.24, 2.45) is 0 Å². The molecule has 0 atom stereocenters. The third-order valence-electron chi connectivity index (χ3n) is 4.25. The van der Waals surface area contributed by atoms with Gasteiger partial charge < -0.3 is 4.74 Å². The molecule has 1 N–H and O–H groups in total. The first-order chi connectivity index (χ1) is 12.5. The molecular weight excluding hydrogens is 352 g/mol. The fourth-order valence-electron chi connectivity index (χ4n) is 2.67. The van der Waals surface area contributed by atoms with E-state index in [1.54, 1.807) is 0 Å². The summed E-state index contributed by atoms with van der Waals surface area (Å²) in [6, 6.07) is 0. The van der Waals surface area contributed by atoms with Crippen LogP contribution in [0.25, 0.3) is 0 Å². The topological polar surface area (TPSA) is 80.7 Å². The molecule has 0 aromatic carbocycles. The van der Waals surface area contributed by atoms with Gasteiger partial charge in [0.2, 0.25) is 0 Å². The molecule has 0 saturated carbocycles. The van der Waals surface area contributed by atoms with Gasteiger partial charge in [0.05, 0.1) is 0 Å². The van der Waals surface area contributed by atoms with Crippen LogP contribution in [0.1, 0.15) is 96.8 Å². The Morgan fingerprint density at radius 2 is 1.35 bits per heavy atom. The second kappa shape index (κ2) is 17.5. The maximum atomic E-state index is 11.4. The molecule has 6 heteroatoms. The third kappa shape index (κ3) is 21.2. The van der Waals surface area contributed by atoms with E-state index in [2.05, 4.69) is 19.1 Å². The summed E-state index contributed by atoms with van der Waals surface area (Å²) in [4.78, 5) is 11.4. The van der Waals surface area contributed by atoms with Gasteiger partial charge in [-0.1, -0.05) is 70.4 Å². The van der Waals surface area contributed by atoms with Gasteiger partial charge in [0.25, 0.3) is 10.1 Å². The molecule has 0 aliphatic carbocycles. The van der Waals surface area contributed by atoms with Crippen molar-refractivity contribution in [3.8, 4) is 0 Å². The fraction of sp³-hybridized carbons (Fsp3) is 0.850. The van der Waals surface area contributed by atoms with Crippen molar-refractivity contribution in [2.45, 2.75) is 96.8 Å². The number of carbonyl (C=O) groups excluding carboxylic acids is 1. The quantitative estimate of drug-likeness (QED) is 0.146. The molecule has 0 amide bonds. The predicted molar refractivity (Wildman–Crippen MR) is 107 cm³/mol. The number of rotatable bonds is 18. The molecule has 5 nitrogen and oxygen atoms in total. The monoisotopic (exact) mass is 390 g/mol. The minimum atomic E-state index is -4.05. The van der Waals surface area contributed by atoms with Gasteiger partial charge in [0.15, 0.2) is 0 Å². The van der Waals surface area contributed by atoms with Crippen molar-refractivity contribution >= 4 is 16.1 Å². The van der Waals surface area contributed by atoms with Gasteiger partial charge in [0.1, 0.15) is 12.4 Å². The van der Waals surface area contributed by atoms with Crippen molar-refractivity contribution < 1.29 is 22.5 Å². The Hall–Kier alpha value is -0.880. The molecule has 0 fully saturated rings. The maximum absolute atomic E-state index is 11.4. The molecule has 0 heterocycles. The zero-order chi connectivity index (χ0) is 19.5. The highest BCUT2D eigenvalue weighted by molar-refractivity contribution is 7.85. The molecule has 154 valence electrons. The highest BCUT2D eigenvalue weighted by atomic mass is 32.2. The summed E-state index contributed by atoms with van der Waals surface area (Å²) < 4.78 is 34.2. The summed E-state index contributed by atoms with van der Waals surface area (Å²) in [7, 11) is -4.05. The molecular formula is C20H38O5S. The van der Waals surface area contributed by atoms with E-state index < -0.39 is 21.8 Å². The smallest absolute Gasteiger partial charge is 0.305 e. The second-order valence-corrected chi connectivity index (χ2v) is 8.41. The minimum absolute atomic E-state index is 0.275. The summed E-state index contributed by atoms with van der Waals surface area (Å²) in [5.74, 6) is -0.934. The van der Waals surface area contributed by atoms with Gasteiger partial charge in [-0.15, -0.1) is 0 Å². The van der Waals surface area contributed by atoms with Crippen LogP contribution in [0.3, 0.4) is 0 Å². The van der Waals surface area contributed by atoms with Crippen LogP contribution in [-0.4, -0.2) is 31.3 Å². The highest BCUT2D eigenvalue weighted by Crippen LogP contribution is 2.10. The molecule has 0 aromatic heterocycles. The number of esters is 1. The number of allylic oxidation sites excluding steroid dienone is 2. The van der Waals surface area contributed by atoms with Crippen molar-refractivity contribution in [1.29, 1.82) is 0 Å². The molecule has 0 unspecified atom stereocenters. The van der Waals surface area contributed by atoms with Gasteiger partial charge in [-0.2, -0.15) is 8.42 Å². The van der Waals surface area contributed by atoms with Crippen LogP contribution in [0.4, 0.5) is 0 Å². The zero-order valence-electron chi connectivity index (χ0n) is 16.5. The molecule has 0 spiro atoms. The maximum Gasteiger partial charge on any atom is 0.305 e.